The molecule has 0 radical (unpaired) electrons. The molecule has 0 saturated carbocycles. The van der Waals surface area contributed by atoms with Gasteiger partial charge in [0.1, 0.15) is 29.1 Å². The molecule has 99 heavy (non-hydrogen) atoms. The Morgan fingerprint density at radius 1 is 0.273 bits per heavy atom. The van der Waals surface area contributed by atoms with Crippen molar-refractivity contribution < 1.29 is 0 Å². The first-order valence-corrected chi connectivity index (χ1v) is 36.7. The van der Waals surface area contributed by atoms with Crippen LogP contribution in [0.3, 0.4) is 0 Å². The molecule has 19 rings (SSSR count). The molecule has 15 heteroatoms. The number of fused-ring (bicyclic) bond motifs is 4. The number of aryl methyl sites for hydroxylation is 3. The van der Waals surface area contributed by atoms with E-state index in [1.165, 1.54) is 69.5 Å². The van der Waals surface area contributed by atoms with Gasteiger partial charge in [0, 0.05) is 55.8 Å². The summed E-state index contributed by atoms with van der Waals surface area (Å²) in [6.45, 7) is 6.22. The SMILES string of the molecule is Cc1[nH]c(-c2cccs2)nc1-c1ccc2ccccc2c1.Cc1[nH]c(-c2cccs2)nc1-c1cccc2ccccc12.Cc1[nH]c(-c2ccsc2)nc1-c1ccccc1.c1csc(-c2ncc(-c3ccc4ccccc4c3)[nH]2)c1.c1csc(-c2ncc(-c3cccc4ccccc34)[nH]2)c1. The van der Waals surface area contributed by atoms with Crippen LogP contribution in [0.5, 0.6) is 0 Å². The monoisotopic (exact) mass is 1370 g/mol. The summed E-state index contributed by atoms with van der Waals surface area (Å²) < 4.78 is 0. The van der Waals surface area contributed by atoms with Crippen LogP contribution in [0.2, 0.25) is 0 Å². The van der Waals surface area contributed by atoms with Gasteiger partial charge >= 0.3 is 0 Å². The minimum atomic E-state index is 0.933. The molecular formula is C84H64N10S5. The van der Waals surface area contributed by atoms with Crippen LogP contribution in [0.15, 0.2) is 299 Å². The Morgan fingerprint density at radius 3 is 1.25 bits per heavy atom. The number of nitrogens with zero attached hydrogens (tertiary/aromatic N) is 5. The molecule has 0 atom stereocenters. The number of aromatic nitrogens is 10. The van der Waals surface area contributed by atoms with Gasteiger partial charge in [-0.1, -0.05) is 212 Å². The Morgan fingerprint density at radius 2 is 0.697 bits per heavy atom. The van der Waals surface area contributed by atoms with Crippen LogP contribution in [-0.2, 0) is 0 Å². The number of benzene rings is 9. The van der Waals surface area contributed by atoms with Crippen molar-refractivity contribution in [1.82, 2.24) is 49.8 Å². The van der Waals surface area contributed by atoms with Crippen LogP contribution in [0.1, 0.15) is 17.1 Å². The van der Waals surface area contributed by atoms with Crippen LogP contribution in [0.4, 0.5) is 0 Å². The number of hydrogen-bond acceptors (Lipinski definition) is 10. The Bertz CT molecular complexity index is 5770. The molecule has 0 aliphatic heterocycles. The van der Waals surface area contributed by atoms with E-state index in [0.29, 0.717) is 0 Å². The first kappa shape index (κ1) is 63.6. The van der Waals surface area contributed by atoms with Crippen LogP contribution in [-0.4, -0.2) is 49.8 Å². The Balaban J connectivity index is 0.000000101. The average Bonchev–Trinajstić information content (AvgIpc) is 1.77. The van der Waals surface area contributed by atoms with E-state index in [9.17, 15) is 0 Å². The Kier molecular flexibility index (Phi) is 19.0. The van der Waals surface area contributed by atoms with Gasteiger partial charge in [0.15, 0.2) is 0 Å². The molecule has 480 valence electrons. The number of H-pyrrole nitrogens is 5. The fourth-order valence-electron chi connectivity index (χ4n) is 12.0. The number of hydrogen-bond donors (Lipinski definition) is 5. The summed E-state index contributed by atoms with van der Waals surface area (Å²) in [7, 11) is 0. The van der Waals surface area contributed by atoms with Gasteiger partial charge in [0.2, 0.25) is 0 Å². The van der Waals surface area contributed by atoms with Crippen LogP contribution in [0.25, 0.3) is 154 Å². The van der Waals surface area contributed by atoms with E-state index in [4.69, 9.17) is 9.97 Å². The van der Waals surface area contributed by atoms with E-state index in [0.717, 1.165) is 101 Å². The van der Waals surface area contributed by atoms with Crippen molar-refractivity contribution in [2.24, 2.45) is 0 Å². The van der Waals surface area contributed by atoms with Crippen LogP contribution in [0, 0.1) is 20.8 Å². The molecule has 0 spiro atoms. The third kappa shape index (κ3) is 14.4. The van der Waals surface area contributed by atoms with Crippen molar-refractivity contribution in [2.75, 3.05) is 0 Å². The summed E-state index contributed by atoms with van der Waals surface area (Å²) in [6, 6.07) is 88.2. The molecule has 10 aromatic heterocycles. The Hall–Kier alpha value is -11.4. The van der Waals surface area contributed by atoms with E-state index >= 15 is 0 Å². The van der Waals surface area contributed by atoms with Gasteiger partial charge in [-0.05, 0) is 133 Å². The molecule has 5 N–H and O–H groups in total. The smallest absolute Gasteiger partial charge is 0.148 e. The molecule has 9 aromatic carbocycles. The molecule has 10 nitrogen and oxygen atoms in total. The summed E-state index contributed by atoms with van der Waals surface area (Å²) in [5.41, 5.74) is 15.5. The highest BCUT2D eigenvalue weighted by Gasteiger charge is 2.16. The second kappa shape index (κ2) is 29.5. The zero-order valence-corrected chi connectivity index (χ0v) is 58.2. The highest BCUT2D eigenvalue weighted by Crippen LogP contribution is 2.36. The first-order valence-electron chi connectivity index (χ1n) is 32.3. The van der Waals surface area contributed by atoms with Crippen molar-refractivity contribution in [3.63, 3.8) is 0 Å². The maximum Gasteiger partial charge on any atom is 0.148 e. The topological polar surface area (TPSA) is 143 Å². The number of nitrogens with one attached hydrogen (secondary N) is 5. The van der Waals surface area contributed by atoms with E-state index in [2.05, 4.69) is 311 Å². The summed E-state index contributed by atoms with van der Waals surface area (Å²) in [4.78, 5) is 44.9. The lowest BCUT2D eigenvalue weighted by Gasteiger charge is -2.04. The van der Waals surface area contributed by atoms with Crippen molar-refractivity contribution in [3.05, 3.63) is 317 Å². The summed E-state index contributed by atoms with van der Waals surface area (Å²) in [5, 5.41) is 22.4. The molecule has 0 amide bonds. The van der Waals surface area contributed by atoms with E-state index in [-0.39, 0.29) is 0 Å². The minimum Gasteiger partial charge on any atom is -0.342 e. The molecule has 0 saturated heterocycles. The van der Waals surface area contributed by atoms with Gasteiger partial charge in [-0.15, -0.1) is 45.3 Å². The van der Waals surface area contributed by atoms with Crippen LogP contribution >= 0.6 is 56.7 Å². The predicted molar refractivity (Wildman–Crippen MR) is 421 cm³/mol. The van der Waals surface area contributed by atoms with Crippen molar-refractivity contribution in [3.8, 4) is 110 Å². The molecule has 0 aliphatic rings. The van der Waals surface area contributed by atoms with Crippen molar-refractivity contribution >= 4 is 99.8 Å². The highest BCUT2D eigenvalue weighted by atomic mass is 32.1. The predicted octanol–water partition coefficient (Wildman–Crippen LogP) is 24.6. The normalized spacial score (nSPS) is 11.0. The second-order valence-corrected chi connectivity index (χ2v) is 28.0. The second-order valence-electron chi connectivity index (χ2n) is 23.4. The molecule has 10 heterocycles. The molecule has 19 aromatic rings. The fourth-order valence-corrected chi connectivity index (χ4v) is 15.3. The molecule has 0 aliphatic carbocycles. The quantitative estimate of drug-likeness (QED) is 0.0927. The van der Waals surface area contributed by atoms with Gasteiger partial charge in [-0.25, -0.2) is 24.9 Å². The largest absolute Gasteiger partial charge is 0.342 e. The zero-order chi connectivity index (χ0) is 66.9. The molecule has 0 bridgehead atoms. The maximum absolute atomic E-state index is 4.83. The highest BCUT2D eigenvalue weighted by molar-refractivity contribution is 7.14. The molecule has 0 fully saturated rings. The molecule has 0 unspecified atom stereocenters. The lowest BCUT2D eigenvalue weighted by atomic mass is 10.0. The number of aromatic amines is 5. The molecular weight excluding hydrogens is 1310 g/mol. The van der Waals surface area contributed by atoms with Gasteiger partial charge in [-0.2, -0.15) is 11.3 Å². The third-order valence-corrected chi connectivity index (χ3v) is 21.1. The number of thiophene rings is 5. The summed E-state index contributed by atoms with van der Waals surface area (Å²) >= 11 is 8.48. The maximum atomic E-state index is 4.83. The lowest BCUT2D eigenvalue weighted by Crippen LogP contribution is -1.84. The first-order chi connectivity index (χ1) is 48.8. The van der Waals surface area contributed by atoms with Crippen LogP contribution < -0.4 is 0 Å². The zero-order valence-electron chi connectivity index (χ0n) is 54.1. The van der Waals surface area contributed by atoms with Crippen molar-refractivity contribution in [2.45, 2.75) is 20.8 Å². The fraction of sp³-hybridized carbons (Fsp3) is 0.0357. The van der Waals surface area contributed by atoms with E-state index in [1.807, 2.05) is 48.8 Å². The number of rotatable bonds is 10. The van der Waals surface area contributed by atoms with Gasteiger partial charge < -0.3 is 24.9 Å². The standard InChI is InChI=1S/2C18H14N2S.2C17H12N2S.C14H12N2S/c1-12-17(20-18(19-12)16-10-5-11-21-16)15-9-4-7-13-6-2-3-8-14(13)15;1-12-17(20-18(19-12)16-7-4-10-21-16)15-9-8-13-5-2-3-6-14(13)11-15;1-2-7-13-12(5-1)6-3-8-14(13)15-11-18-17(19-15)16-9-4-10-20-16;1-2-5-13-10-14(8-7-12(13)4-1)15-11-18-17(19-15)16-6-3-9-20-16;1-10-13(11-5-3-2-4-6-11)16-14(15-10)12-7-8-17-9-12/h2*2-11H,1H3,(H,19,20);2*1-11H,(H,18,19);2-9H,1H3,(H,15,16). The van der Waals surface area contributed by atoms with Gasteiger partial charge in [-0.3, -0.25) is 0 Å². The Labute approximate surface area is 592 Å². The third-order valence-electron chi connectivity index (χ3n) is 16.9. The van der Waals surface area contributed by atoms with Gasteiger partial charge in [0.25, 0.3) is 0 Å². The number of imidazole rings is 5. The minimum absolute atomic E-state index is 0.933. The van der Waals surface area contributed by atoms with Crippen molar-refractivity contribution in [1.29, 1.82) is 0 Å². The average molecular weight is 1370 g/mol. The lowest BCUT2D eigenvalue weighted by molar-refractivity contribution is 1.26. The van der Waals surface area contributed by atoms with E-state index in [1.54, 1.807) is 56.7 Å². The summed E-state index contributed by atoms with van der Waals surface area (Å²) in [6.07, 6.45) is 3.82. The summed E-state index contributed by atoms with van der Waals surface area (Å²) in [5.74, 6) is 4.71. The van der Waals surface area contributed by atoms with E-state index < -0.39 is 0 Å². The van der Waals surface area contributed by atoms with Gasteiger partial charge in [0.05, 0.1) is 60.4 Å².